The molecule has 4 rings (SSSR count). The van der Waals surface area contributed by atoms with E-state index < -0.39 is 6.10 Å². The van der Waals surface area contributed by atoms with Gasteiger partial charge in [-0.05, 0) is 49.9 Å². The molecule has 2 aromatic carbocycles. The fourth-order valence-electron chi connectivity index (χ4n) is 4.15. The number of rotatable bonds is 8. The maximum Gasteiger partial charge on any atom is 0.230 e. The summed E-state index contributed by atoms with van der Waals surface area (Å²) < 4.78 is 8.05. The SMILES string of the molecule is CC(Oc1ccccc1Cl)c1nnc(SCC(=O)NC2CCCCC2C)n1-c1ccccc1. The standard InChI is InChI=1S/C25H29ClN4O2S/c1-17-10-6-8-14-21(17)27-23(31)16-33-25-29-28-24(30(25)19-11-4-3-5-12-19)18(2)32-22-15-9-7-13-20(22)26/h3-5,7,9,11-13,15,17-18,21H,6,8,10,14,16H2,1-2H3,(H,27,31). The highest BCUT2D eigenvalue weighted by Gasteiger charge is 2.25. The Bertz CT molecular complexity index is 1080. The molecule has 1 amide bonds. The first-order valence-corrected chi connectivity index (χ1v) is 12.7. The minimum atomic E-state index is -0.399. The van der Waals surface area contributed by atoms with E-state index in [4.69, 9.17) is 16.3 Å². The second-order valence-corrected chi connectivity index (χ2v) is 9.78. The van der Waals surface area contributed by atoms with Crippen molar-refractivity contribution in [3.8, 4) is 11.4 Å². The molecule has 0 radical (unpaired) electrons. The molecule has 0 spiro atoms. The molecule has 3 unspecified atom stereocenters. The van der Waals surface area contributed by atoms with Gasteiger partial charge in [0.15, 0.2) is 17.1 Å². The first-order valence-electron chi connectivity index (χ1n) is 11.4. The van der Waals surface area contributed by atoms with Crippen molar-refractivity contribution in [3.63, 3.8) is 0 Å². The van der Waals surface area contributed by atoms with Crippen LogP contribution in [0.3, 0.4) is 0 Å². The molecule has 33 heavy (non-hydrogen) atoms. The third kappa shape index (κ3) is 5.89. The topological polar surface area (TPSA) is 69.0 Å². The minimum Gasteiger partial charge on any atom is -0.481 e. The van der Waals surface area contributed by atoms with E-state index in [2.05, 4.69) is 22.4 Å². The lowest BCUT2D eigenvalue weighted by Crippen LogP contribution is -2.41. The van der Waals surface area contributed by atoms with E-state index in [-0.39, 0.29) is 17.7 Å². The zero-order valence-electron chi connectivity index (χ0n) is 18.9. The lowest BCUT2D eigenvalue weighted by molar-refractivity contribution is -0.119. The van der Waals surface area contributed by atoms with Crippen molar-refractivity contribution in [1.29, 1.82) is 0 Å². The third-order valence-corrected chi connectivity index (χ3v) is 7.21. The summed E-state index contributed by atoms with van der Waals surface area (Å²) in [4.78, 5) is 12.7. The lowest BCUT2D eigenvalue weighted by Gasteiger charge is -2.29. The first kappa shape index (κ1) is 23.6. The van der Waals surface area contributed by atoms with Crippen LogP contribution in [0.2, 0.25) is 5.02 Å². The van der Waals surface area contributed by atoms with Gasteiger partial charge in [-0.2, -0.15) is 0 Å². The van der Waals surface area contributed by atoms with Crippen LogP contribution in [-0.2, 0) is 4.79 Å². The van der Waals surface area contributed by atoms with Gasteiger partial charge in [-0.3, -0.25) is 9.36 Å². The number of hydrogen-bond donors (Lipinski definition) is 1. The maximum absolute atomic E-state index is 12.7. The largest absolute Gasteiger partial charge is 0.481 e. The number of aromatic nitrogens is 3. The number of amides is 1. The zero-order valence-corrected chi connectivity index (χ0v) is 20.5. The predicted molar refractivity (Wildman–Crippen MR) is 132 cm³/mol. The number of ether oxygens (including phenoxy) is 1. The fraction of sp³-hybridized carbons (Fsp3) is 0.400. The number of hydrogen-bond acceptors (Lipinski definition) is 5. The average Bonchev–Trinajstić information content (AvgIpc) is 3.25. The van der Waals surface area contributed by atoms with E-state index in [0.717, 1.165) is 12.1 Å². The Morgan fingerprint density at radius 3 is 2.64 bits per heavy atom. The summed E-state index contributed by atoms with van der Waals surface area (Å²) in [5.41, 5.74) is 0.913. The summed E-state index contributed by atoms with van der Waals surface area (Å²) in [5, 5.41) is 13.2. The van der Waals surface area contributed by atoms with E-state index in [0.29, 0.717) is 27.7 Å². The molecule has 1 aromatic heterocycles. The number of nitrogens with one attached hydrogen (secondary N) is 1. The molecule has 0 bridgehead atoms. The number of halogens is 1. The number of carbonyl (C=O) groups excluding carboxylic acids is 1. The highest BCUT2D eigenvalue weighted by atomic mass is 35.5. The number of thioether (sulfide) groups is 1. The molecular formula is C25H29ClN4O2S. The Labute approximate surface area is 204 Å². The van der Waals surface area contributed by atoms with Gasteiger partial charge in [-0.15, -0.1) is 10.2 Å². The Morgan fingerprint density at radius 1 is 1.15 bits per heavy atom. The molecule has 0 saturated heterocycles. The minimum absolute atomic E-state index is 0.0308. The quantitative estimate of drug-likeness (QED) is 0.406. The van der Waals surface area contributed by atoms with Gasteiger partial charge in [0, 0.05) is 11.7 Å². The van der Waals surface area contributed by atoms with E-state index in [1.807, 2.05) is 60.0 Å². The van der Waals surface area contributed by atoms with Crippen LogP contribution < -0.4 is 10.1 Å². The maximum atomic E-state index is 12.7. The Kier molecular flexibility index (Phi) is 7.93. The number of carbonyl (C=O) groups is 1. The van der Waals surface area contributed by atoms with Crippen LogP contribution in [0.1, 0.15) is 51.5 Å². The molecule has 1 fully saturated rings. The lowest BCUT2D eigenvalue weighted by atomic mass is 9.86. The monoisotopic (exact) mass is 484 g/mol. The summed E-state index contributed by atoms with van der Waals surface area (Å²) in [6, 6.07) is 17.5. The third-order valence-electron chi connectivity index (χ3n) is 5.97. The number of para-hydroxylation sites is 2. The van der Waals surface area contributed by atoms with Crippen LogP contribution in [0.4, 0.5) is 0 Å². The Morgan fingerprint density at radius 2 is 1.88 bits per heavy atom. The van der Waals surface area contributed by atoms with E-state index in [9.17, 15) is 4.79 Å². The number of benzene rings is 2. The van der Waals surface area contributed by atoms with Crippen LogP contribution in [0, 0.1) is 5.92 Å². The van der Waals surface area contributed by atoms with Gasteiger partial charge in [-0.1, -0.05) is 73.5 Å². The summed E-state index contributed by atoms with van der Waals surface area (Å²) in [5.74, 6) is 2.07. The predicted octanol–water partition coefficient (Wildman–Crippen LogP) is 5.85. The van der Waals surface area contributed by atoms with Crippen molar-refractivity contribution in [3.05, 3.63) is 65.4 Å². The molecule has 3 aromatic rings. The summed E-state index contributed by atoms with van der Waals surface area (Å²) in [6.07, 6.45) is 4.26. The molecule has 1 saturated carbocycles. The van der Waals surface area contributed by atoms with Gasteiger partial charge in [0.1, 0.15) is 5.75 Å². The van der Waals surface area contributed by atoms with Crippen molar-refractivity contribution in [2.75, 3.05) is 5.75 Å². The number of nitrogens with zero attached hydrogens (tertiary/aromatic N) is 3. The van der Waals surface area contributed by atoms with E-state index in [1.54, 1.807) is 6.07 Å². The van der Waals surface area contributed by atoms with Gasteiger partial charge < -0.3 is 10.1 Å². The smallest absolute Gasteiger partial charge is 0.230 e. The molecular weight excluding hydrogens is 456 g/mol. The van der Waals surface area contributed by atoms with Crippen LogP contribution in [0.15, 0.2) is 59.8 Å². The average molecular weight is 485 g/mol. The normalized spacial score (nSPS) is 19.1. The van der Waals surface area contributed by atoms with Crippen molar-refractivity contribution in [2.45, 2.75) is 56.8 Å². The molecule has 1 aliphatic rings. The van der Waals surface area contributed by atoms with Gasteiger partial charge in [-0.25, -0.2) is 0 Å². The Hall–Kier alpha value is -2.51. The molecule has 0 aliphatic heterocycles. The summed E-state index contributed by atoms with van der Waals surface area (Å²) >= 11 is 7.66. The van der Waals surface area contributed by atoms with Crippen LogP contribution in [-0.4, -0.2) is 32.5 Å². The second-order valence-electron chi connectivity index (χ2n) is 8.43. The van der Waals surface area contributed by atoms with Gasteiger partial charge in [0.25, 0.3) is 0 Å². The summed E-state index contributed by atoms with van der Waals surface area (Å²) in [7, 11) is 0. The molecule has 8 heteroatoms. The zero-order chi connectivity index (χ0) is 23.2. The molecule has 1 N–H and O–H groups in total. The van der Waals surface area contributed by atoms with Gasteiger partial charge >= 0.3 is 0 Å². The first-order chi connectivity index (χ1) is 16.0. The van der Waals surface area contributed by atoms with Crippen LogP contribution in [0.5, 0.6) is 5.75 Å². The summed E-state index contributed by atoms with van der Waals surface area (Å²) in [6.45, 7) is 4.13. The van der Waals surface area contributed by atoms with Crippen molar-refractivity contribution < 1.29 is 9.53 Å². The molecule has 3 atom stereocenters. The van der Waals surface area contributed by atoms with Gasteiger partial charge in [0.05, 0.1) is 10.8 Å². The van der Waals surface area contributed by atoms with Crippen LogP contribution in [0.25, 0.3) is 5.69 Å². The van der Waals surface area contributed by atoms with E-state index >= 15 is 0 Å². The second kappa shape index (κ2) is 11.1. The van der Waals surface area contributed by atoms with Crippen LogP contribution >= 0.6 is 23.4 Å². The molecule has 1 aliphatic carbocycles. The van der Waals surface area contributed by atoms with Crippen molar-refractivity contribution >= 4 is 29.3 Å². The Balaban J connectivity index is 1.51. The van der Waals surface area contributed by atoms with Crippen molar-refractivity contribution in [1.82, 2.24) is 20.1 Å². The van der Waals surface area contributed by atoms with Gasteiger partial charge in [0.2, 0.25) is 5.91 Å². The highest BCUT2D eigenvalue weighted by molar-refractivity contribution is 7.99. The fourth-order valence-corrected chi connectivity index (χ4v) is 5.10. The molecule has 6 nitrogen and oxygen atoms in total. The molecule has 174 valence electrons. The highest BCUT2D eigenvalue weighted by Crippen LogP contribution is 2.31. The van der Waals surface area contributed by atoms with Crippen molar-refractivity contribution in [2.24, 2.45) is 5.92 Å². The van der Waals surface area contributed by atoms with E-state index in [1.165, 1.54) is 31.0 Å². The molecule has 1 heterocycles.